The lowest BCUT2D eigenvalue weighted by Gasteiger charge is -2.18. The van der Waals surface area contributed by atoms with Gasteiger partial charge in [0, 0.05) is 26.8 Å². The van der Waals surface area contributed by atoms with Crippen molar-refractivity contribution in [2.24, 2.45) is 0 Å². The van der Waals surface area contributed by atoms with Crippen molar-refractivity contribution in [1.29, 1.82) is 0 Å². The molecule has 2 heterocycles. The van der Waals surface area contributed by atoms with E-state index in [-0.39, 0.29) is 5.56 Å². The second kappa shape index (κ2) is 5.30. The first kappa shape index (κ1) is 13.6. The lowest BCUT2D eigenvalue weighted by Crippen LogP contribution is -2.18. The average molecular weight is 327 g/mol. The number of aromatic nitrogens is 2. The fourth-order valence-corrected chi connectivity index (χ4v) is 3.73. The van der Waals surface area contributed by atoms with Crippen molar-refractivity contribution in [2.45, 2.75) is 10.6 Å². The van der Waals surface area contributed by atoms with E-state index in [1.54, 1.807) is 23.9 Å². The van der Waals surface area contributed by atoms with Gasteiger partial charge < -0.3 is 4.98 Å². The molecule has 0 fully saturated rings. The summed E-state index contributed by atoms with van der Waals surface area (Å²) in [5.74, 6) is 1.22. The third kappa shape index (κ3) is 2.25. The summed E-state index contributed by atoms with van der Waals surface area (Å²) in [4.78, 5) is 21.1. The van der Waals surface area contributed by atoms with Gasteiger partial charge in [-0.3, -0.25) is 4.79 Å². The van der Waals surface area contributed by atoms with Crippen LogP contribution in [-0.4, -0.2) is 9.97 Å². The van der Waals surface area contributed by atoms with Crippen LogP contribution in [0.15, 0.2) is 58.2 Å². The summed E-state index contributed by atoms with van der Waals surface area (Å²) in [6.07, 6.45) is 0. The van der Waals surface area contributed by atoms with Crippen molar-refractivity contribution in [3.63, 3.8) is 0 Å². The number of H-pyrrole nitrogens is 1. The van der Waals surface area contributed by atoms with E-state index in [0.717, 1.165) is 27.3 Å². The van der Waals surface area contributed by atoms with E-state index < -0.39 is 0 Å². The van der Waals surface area contributed by atoms with Gasteiger partial charge in [-0.25, -0.2) is 4.98 Å². The van der Waals surface area contributed by atoms with E-state index in [2.05, 4.69) is 11.1 Å². The van der Waals surface area contributed by atoms with E-state index in [9.17, 15) is 4.79 Å². The predicted molar refractivity (Wildman–Crippen MR) is 90.3 cm³/mol. The van der Waals surface area contributed by atoms with Crippen LogP contribution < -0.4 is 5.56 Å². The van der Waals surface area contributed by atoms with E-state index in [1.165, 1.54) is 0 Å². The minimum Gasteiger partial charge on any atom is -0.306 e. The Morgan fingerprint density at radius 1 is 1.09 bits per heavy atom. The highest BCUT2D eigenvalue weighted by Crippen LogP contribution is 2.39. The zero-order chi connectivity index (χ0) is 15.1. The molecule has 1 N–H and O–H groups in total. The topological polar surface area (TPSA) is 45.8 Å². The summed E-state index contributed by atoms with van der Waals surface area (Å²) in [5, 5.41) is 0.658. The third-order valence-electron chi connectivity index (χ3n) is 3.65. The van der Waals surface area contributed by atoms with Crippen molar-refractivity contribution < 1.29 is 0 Å². The highest BCUT2D eigenvalue weighted by Gasteiger charge is 2.21. The molecule has 0 atom stereocenters. The second-order valence-corrected chi connectivity index (χ2v) is 6.49. The molecule has 3 nitrogen and oxygen atoms in total. The van der Waals surface area contributed by atoms with E-state index >= 15 is 0 Å². The highest BCUT2D eigenvalue weighted by molar-refractivity contribution is 7.98. The molecule has 5 heteroatoms. The minimum absolute atomic E-state index is 0.0723. The molecule has 0 radical (unpaired) electrons. The van der Waals surface area contributed by atoms with Crippen LogP contribution in [-0.2, 0) is 5.75 Å². The Bertz CT molecular complexity index is 919. The van der Waals surface area contributed by atoms with Gasteiger partial charge in [0.15, 0.2) is 0 Å². The van der Waals surface area contributed by atoms with E-state index in [4.69, 9.17) is 16.6 Å². The molecule has 0 amide bonds. The number of nitrogens with one attached hydrogen (secondary N) is 1. The molecule has 0 saturated heterocycles. The fourth-order valence-electron chi connectivity index (χ4n) is 2.54. The first-order chi connectivity index (χ1) is 10.7. The Kier molecular flexibility index (Phi) is 3.28. The Balaban J connectivity index is 1.94. The monoisotopic (exact) mass is 326 g/mol. The number of hydrogen-bond acceptors (Lipinski definition) is 3. The molecule has 22 heavy (non-hydrogen) atoms. The van der Waals surface area contributed by atoms with Crippen molar-refractivity contribution in [3.8, 4) is 22.6 Å². The lowest BCUT2D eigenvalue weighted by molar-refractivity contribution is 1.07. The lowest BCUT2D eigenvalue weighted by atomic mass is 10.1. The summed E-state index contributed by atoms with van der Waals surface area (Å²) >= 11 is 7.59. The smallest absolute Gasteiger partial charge is 0.255 e. The van der Waals surface area contributed by atoms with Crippen molar-refractivity contribution in [2.75, 3.05) is 0 Å². The molecule has 0 saturated carbocycles. The number of nitrogens with zero attached hydrogens (tertiary/aromatic N) is 1. The summed E-state index contributed by atoms with van der Waals surface area (Å²) in [6, 6.07) is 15.4. The molecule has 1 aromatic heterocycles. The zero-order valence-electron chi connectivity index (χ0n) is 11.5. The van der Waals surface area contributed by atoms with Gasteiger partial charge in [0.25, 0.3) is 5.56 Å². The van der Waals surface area contributed by atoms with Gasteiger partial charge in [-0.1, -0.05) is 29.8 Å². The molecular formula is C17H11ClN2OS. The van der Waals surface area contributed by atoms with Crippen LogP contribution in [0.1, 0.15) is 5.56 Å². The van der Waals surface area contributed by atoms with Crippen molar-refractivity contribution >= 4 is 23.4 Å². The molecule has 0 bridgehead atoms. The molecular weight excluding hydrogens is 316 g/mol. The molecule has 2 aromatic carbocycles. The molecule has 4 rings (SSSR count). The first-order valence-electron chi connectivity index (χ1n) is 6.84. The van der Waals surface area contributed by atoms with Crippen LogP contribution >= 0.6 is 23.4 Å². The number of rotatable bonds is 1. The van der Waals surface area contributed by atoms with Crippen LogP contribution in [0.25, 0.3) is 22.6 Å². The first-order valence-corrected chi connectivity index (χ1v) is 8.20. The fraction of sp³-hybridized carbons (Fsp3) is 0.0588. The van der Waals surface area contributed by atoms with Crippen molar-refractivity contribution in [3.05, 3.63) is 69.5 Å². The molecule has 0 spiro atoms. The average Bonchev–Trinajstić information content (AvgIpc) is 2.55. The van der Waals surface area contributed by atoms with Gasteiger partial charge in [-0.05, 0) is 30.3 Å². The number of halogens is 1. The summed E-state index contributed by atoms with van der Waals surface area (Å²) < 4.78 is 0. The molecule has 1 aliphatic rings. The Morgan fingerprint density at radius 2 is 1.86 bits per heavy atom. The van der Waals surface area contributed by atoms with E-state index in [0.29, 0.717) is 16.6 Å². The maximum Gasteiger partial charge on any atom is 0.255 e. The van der Waals surface area contributed by atoms with Crippen LogP contribution in [0.3, 0.4) is 0 Å². The van der Waals surface area contributed by atoms with Gasteiger partial charge in [-0.15, -0.1) is 11.8 Å². The summed E-state index contributed by atoms with van der Waals surface area (Å²) in [6.45, 7) is 0. The van der Waals surface area contributed by atoms with Crippen molar-refractivity contribution in [1.82, 2.24) is 9.97 Å². The number of thioether (sulfide) groups is 1. The van der Waals surface area contributed by atoms with Crippen LogP contribution in [0.4, 0.5) is 0 Å². The maximum atomic E-state index is 12.4. The standard InChI is InChI=1S/C17H11ClN2OS/c18-11-7-5-10(6-8-11)16-19-15-12-3-1-2-4-14(12)22-9-13(15)17(21)20-16/h1-8H,9H2,(H,19,20,21). The largest absolute Gasteiger partial charge is 0.306 e. The Labute approximate surface area is 136 Å². The van der Waals surface area contributed by atoms with Crippen LogP contribution in [0, 0.1) is 0 Å². The third-order valence-corrected chi connectivity index (χ3v) is 5.00. The van der Waals surface area contributed by atoms with Crippen LogP contribution in [0.5, 0.6) is 0 Å². The van der Waals surface area contributed by atoms with Gasteiger partial charge in [0.1, 0.15) is 5.82 Å². The molecule has 108 valence electrons. The van der Waals surface area contributed by atoms with Gasteiger partial charge in [0.2, 0.25) is 0 Å². The van der Waals surface area contributed by atoms with Crippen LogP contribution in [0.2, 0.25) is 5.02 Å². The summed E-state index contributed by atoms with van der Waals surface area (Å²) in [7, 11) is 0. The number of hydrogen-bond donors (Lipinski definition) is 1. The molecule has 0 unspecified atom stereocenters. The molecule has 1 aliphatic heterocycles. The maximum absolute atomic E-state index is 12.4. The van der Waals surface area contributed by atoms with Gasteiger partial charge in [-0.2, -0.15) is 0 Å². The van der Waals surface area contributed by atoms with E-state index in [1.807, 2.05) is 30.3 Å². The predicted octanol–water partition coefficient (Wildman–Crippen LogP) is 4.36. The quantitative estimate of drug-likeness (QED) is 0.722. The van der Waals surface area contributed by atoms with Gasteiger partial charge >= 0.3 is 0 Å². The molecule has 0 aliphatic carbocycles. The summed E-state index contributed by atoms with van der Waals surface area (Å²) in [5.41, 5.74) is 3.32. The Hall–Kier alpha value is -2.04. The number of benzene rings is 2. The van der Waals surface area contributed by atoms with Gasteiger partial charge in [0.05, 0.1) is 11.3 Å². The SMILES string of the molecule is O=c1[nH]c(-c2ccc(Cl)cc2)nc2c1CSc1ccccc1-2. The number of aromatic amines is 1. The molecule has 3 aromatic rings. The second-order valence-electron chi connectivity index (χ2n) is 5.03. The minimum atomic E-state index is -0.0723. The normalized spacial score (nSPS) is 12.6. The highest BCUT2D eigenvalue weighted by atomic mass is 35.5. The zero-order valence-corrected chi connectivity index (χ0v) is 13.0. The Morgan fingerprint density at radius 3 is 2.68 bits per heavy atom. The number of fused-ring (bicyclic) bond motifs is 3.